The molecule has 0 unspecified atom stereocenters. The number of aromatic nitrogens is 1. The molecular weight excluding hydrogens is 413 g/mol. The SMILES string of the molecule is COc1ccc(C)cc1NC(=O)c1cc(C2CCN(C(=O)c3ccccc3F)CC2)no1. The van der Waals surface area contributed by atoms with Gasteiger partial charge in [-0.3, -0.25) is 9.59 Å². The number of methoxy groups -OCH3 is 1. The van der Waals surface area contributed by atoms with E-state index in [9.17, 15) is 14.0 Å². The second-order valence-corrected chi connectivity index (χ2v) is 7.82. The first-order chi connectivity index (χ1) is 15.5. The number of anilines is 1. The maximum absolute atomic E-state index is 13.9. The minimum Gasteiger partial charge on any atom is -0.495 e. The smallest absolute Gasteiger partial charge is 0.294 e. The van der Waals surface area contributed by atoms with E-state index >= 15 is 0 Å². The topological polar surface area (TPSA) is 84.7 Å². The van der Waals surface area contributed by atoms with Gasteiger partial charge >= 0.3 is 0 Å². The fraction of sp³-hybridized carbons (Fsp3) is 0.292. The van der Waals surface area contributed by atoms with E-state index in [1.54, 1.807) is 29.2 Å². The summed E-state index contributed by atoms with van der Waals surface area (Å²) in [5, 5.41) is 6.87. The molecule has 2 aromatic carbocycles. The molecule has 2 amide bonds. The van der Waals surface area contributed by atoms with E-state index in [4.69, 9.17) is 9.26 Å². The van der Waals surface area contributed by atoms with Crippen molar-refractivity contribution in [2.75, 3.05) is 25.5 Å². The molecule has 0 spiro atoms. The van der Waals surface area contributed by atoms with Gasteiger partial charge in [0, 0.05) is 25.1 Å². The van der Waals surface area contributed by atoms with Crippen LogP contribution in [-0.4, -0.2) is 42.1 Å². The fourth-order valence-electron chi connectivity index (χ4n) is 3.88. The fourth-order valence-corrected chi connectivity index (χ4v) is 3.88. The number of hydrogen-bond donors (Lipinski definition) is 1. The average Bonchev–Trinajstić information content (AvgIpc) is 3.30. The lowest BCUT2D eigenvalue weighted by atomic mass is 9.93. The Hall–Kier alpha value is -3.68. The molecule has 32 heavy (non-hydrogen) atoms. The lowest BCUT2D eigenvalue weighted by Crippen LogP contribution is -2.38. The predicted octanol–water partition coefficient (Wildman–Crippen LogP) is 4.40. The van der Waals surface area contributed by atoms with E-state index in [1.807, 2.05) is 19.1 Å². The summed E-state index contributed by atoms with van der Waals surface area (Å²) >= 11 is 0. The maximum atomic E-state index is 13.9. The van der Waals surface area contributed by atoms with Crippen molar-refractivity contribution in [2.45, 2.75) is 25.7 Å². The molecular formula is C24H24FN3O4. The summed E-state index contributed by atoms with van der Waals surface area (Å²) in [6.45, 7) is 2.88. The monoisotopic (exact) mass is 437 g/mol. The van der Waals surface area contributed by atoms with Crippen molar-refractivity contribution >= 4 is 17.5 Å². The number of carbonyl (C=O) groups excluding carboxylic acids is 2. The summed E-state index contributed by atoms with van der Waals surface area (Å²) < 4.78 is 24.5. The van der Waals surface area contributed by atoms with Gasteiger partial charge in [0.25, 0.3) is 11.8 Å². The molecule has 1 fully saturated rings. The van der Waals surface area contributed by atoms with Crippen LogP contribution >= 0.6 is 0 Å². The average molecular weight is 437 g/mol. The van der Waals surface area contributed by atoms with Crippen LogP contribution in [0.15, 0.2) is 53.1 Å². The second-order valence-electron chi connectivity index (χ2n) is 7.82. The van der Waals surface area contributed by atoms with Crippen molar-refractivity contribution < 1.29 is 23.2 Å². The molecule has 3 aromatic rings. The molecule has 166 valence electrons. The van der Waals surface area contributed by atoms with Crippen molar-refractivity contribution in [3.63, 3.8) is 0 Å². The van der Waals surface area contributed by atoms with Gasteiger partial charge in [-0.15, -0.1) is 0 Å². The second kappa shape index (κ2) is 9.21. The number of rotatable bonds is 5. The molecule has 4 rings (SSSR count). The third-order valence-corrected chi connectivity index (χ3v) is 5.66. The van der Waals surface area contributed by atoms with E-state index in [-0.39, 0.29) is 23.1 Å². The molecule has 0 saturated carbocycles. The highest BCUT2D eigenvalue weighted by molar-refractivity contribution is 6.03. The summed E-state index contributed by atoms with van der Waals surface area (Å²) in [5.74, 6) is -0.534. The van der Waals surface area contributed by atoms with Crippen LogP contribution in [0.3, 0.4) is 0 Å². The summed E-state index contributed by atoms with van der Waals surface area (Å²) in [6.07, 6.45) is 1.30. The zero-order valence-electron chi connectivity index (χ0n) is 17.9. The molecule has 1 saturated heterocycles. The standard InChI is InChI=1S/C24H24FN3O4/c1-15-7-8-21(31-2)20(13-15)26-23(29)22-14-19(27-32-22)16-9-11-28(12-10-16)24(30)17-5-3-4-6-18(17)25/h3-8,13-14,16H,9-12H2,1-2H3,(H,26,29). The number of nitrogens with zero attached hydrogens (tertiary/aromatic N) is 2. The van der Waals surface area contributed by atoms with Gasteiger partial charge in [-0.2, -0.15) is 0 Å². The van der Waals surface area contributed by atoms with Crippen molar-refractivity contribution in [3.05, 3.63) is 76.9 Å². The Kier molecular flexibility index (Phi) is 6.20. The maximum Gasteiger partial charge on any atom is 0.294 e. The Morgan fingerprint density at radius 1 is 1.16 bits per heavy atom. The third-order valence-electron chi connectivity index (χ3n) is 5.66. The quantitative estimate of drug-likeness (QED) is 0.639. The van der Waals surface area contributed by atoms with Gasteiger partial charge in [0.2, 0.25) is 5.76 Å². The highest BCUT2D eigenvalue weighted by Gasteiger charge is 2.28. The summed E-state index contributed by atoms with van der Waals surface area (Å²) in [5.41, 5.74) is 2.29. The molecule has 1 aromatic heterocycles. The number of nitrogens with one attached hydrogen (secondary N) is 1. The van der Waals surface area contributed by atoms with Crippen LogP contribution in [0.25, 0.3) is 0 Å². The van der Waals surface area contributed by atoms with E-state index in [0.717, 1.165) is 5.56 Å². The first kappa shape index (κ1) is 21.5. The van der Waals surface area contributed by atoms with Gasteiger partial charge in [0.15, 0.2) is 0 Å². The Bertz CT molecular complexity index is 1140. The van der Waals surface area contributed by atoms with Crippen LogP contribution in [0.2, 0.25) is 0 Å². The number of hydrogen-bond acceptors (Lipinski definition) is 5. The first-order valence-corrected chi connectivity index (χ1v) is 10.4. The predicted molar refractivity (Wildman–Crippen MR) is 116 cm³/mol. The number of aryl methyl sites for hydroxylation is 1. The van der Waals surface area contributed by atoms with E-state index < -0.39 is 11.7 Å². The highest BCUT2D eigenvalue weighted by Crippen LogP contribution is 2.30. The van der Waals surface area contributed by atoms with Gasteiger partial charge in [-0.1, -0.05) is 23.4 Å². The minimum absolute atomic E-state index is 0.0541. The molecule has 7 nitrogen and oxygen atoms in total. The third kappa shape index (κ3) is 4.49. The summed E-state index contributed by atoms with van der Waals surface area (Å²) in [7, 11) is 1.54. The van der Waals surface area contributed by atoms with Crippen LogP contribution < -0.4 is 10.1 Å². The van der Waals surface area contributed by atoms with Gasteiger partial charge in [0.05, 0.1) is 24.1 Å². The van der Waals surface area contributed by atoms with Crippen molar-refractivity contribution in [2.24, 2.45) is 0 Å². The lowest BCUT2D eigenvalue weighted by molar-refractivity contribution is 0.0706. The first-order valence-electron chi connectivity index (χ1n) is 10.4. The minimum atomic E-state index is -0.517. The molecule has 0 radical (unpaired) electrons. The van der Waals surface area contributed by atoms with Crippen molar-refractivity contribution in [1.29, 1.82) is 0 Å². The number of benzene rings is 2. The molecule has 1 N–H and O–H groups in total. The van der Waals surface area contributed by atoms with E-state index in [0.29, 0.717) is 43.1 Å². The number of ether oxygens (including phenoxy) is 1. The van der Waals surface area contributed by atoms with Gasteiger partial charge in [-0.25, -0.2) is 4.39 Å². The van der Waals surface area contributed by atoms with E-state index in [1.165, 1.54) is 19.2 Å². The van der Waals surface area contributed by atoms with Crippen molar-refractivity contribution in [1.82, 2.24) is 10.1 Å². The molecule has 8 heteroatoms. The summed E-state index contributed by atoms with van der Waals surface area (Å²) in [6, 6.07) is 13.1. The molecule has 1 aliphatic heterocycles. The molecule has 0 bridgehead atoms. The largest absolute Gasteiger partial charge is 0.495 e. The molecule has 1 aliphatic rings. The van der Waals surface area contributed by atoms with Gasteiger partial charge < -0.3 is 19.5 Å². The van der Waals surface area contributed by atoms with Crippen LogP contribution in [0, 0.1) is 12.7 Å². The van der Waals surface area contributed by atoms with Crippen LogP contribution in [0.1, 0.15) is 50.9 Å². The Morgan fingerprint density at radius 3 is 2.62 bits per heavy atom. The summed E-state index contributed by atoms with van der Waals surface area (Å²) in [4.78, 5) is 26.9. The normalized spacial score (nSPS) is 14.3. The van der Waals surface area contributed by atoms with E-state index in [2.05, 4.69) is 10.5 Å². The Labute approximate surface area is 185 Å². The zero-order valence-corrected chi connectivity index (χ0v) is 17.9. The number of carbonyl (C=O) groups is 2. The molecule has 2 heterocycles. The number of piperidine rings is 1. The van der Waals surface area contributed by atoms with Gasteiger partial charge in [-0.05, 0) is 49.6 Å². The van der Waals surface area contributed by atoms with Gasteiger partial charge in [0.1, 0.15) is 11.6 Å². The molecule has 0 atom stereocenters. The van der Waals surface area contributed by atoms with Crippen molar-refractivity contribution in [3.8, 4) is 5.75 Å². The zero-order chi connectivity index (χ0) is 22.7. The van der Waals surface area contributed by atoms with Crippen LogP contribution in [-0.2, 0) is 0 Å². The van der Waals surface area contributed by atoms with Crippen LogP contribution in [0.5, 0.6) is 5.75 Å². The number of halogens is 1. The molecule has 0 aliphatic carbocycles. The highest BCUT2D eigenvalue weighted by atomic mass is 19.1. The Morgan fingerprint density at radius 2 is 1.91 bits per heavy atom. The van der Waals surface area contributed by atoms with Crippen LogP contribution in [0.4, 0.5) is 10.1 Å². The number of amides is 2. The lowest BCUT2D eigenvalue weighted by Gasteiger charge is -2.31. The number of likely N-dealkylation sites (tertiary alicyclic amines) is 1. The Balaban J connectivity index is 1.38.